The van der Waals surface area contributed by atoms with Crippen molar-refractivity contribution < 1.29 is 9.53 Å². The minimum atomic E-state index is -0.123. The van der Waals surface area contributed by atoms with Crippen molar-refractivity contribution >= 4 is 5.97 Å². The van der Waals surface area contributed by atoms with Gasteiger partial charge in [-0.05, 0) is 13.3 Å². The Morgan fingerprint density at radius 3 is 3.09 bits per heavy atom. The van der Waals surface area contributed by atoms with Crippen LogP contribution < -0.4 is 0 Å². The van der Waals surface area contributed by atoms with Crippen LogP contribution in [0.15, 0.2) is 23.8 Å². The van der Waals surface area contributed by atoms with Gasteiger partial charge in [-0.25, -0.2) is 0 Å². The zero-order valence-electron chi connectivity index (χ0n) is 6.67. The molecule has 0 aromatic rings. The molecule has 2 nitrogen and oxygen atoms in total. The lowest BCUT2D eigenvalue weighted by atomic mass is 10.2. The van der Waals surface area contributed by atoms with E-state index in [9.17, 15) is 4.79 Å². The lowest BCUT2D eigenvalue weighted by molar-refractivity contribution is -0.142. The lowest BCUT2D eigenvalue weighted by Crippen LogP contribution is -2.04. The summed E-state index contributed by atoms with van der Waals surface area (Å²) in [5.74, 6) is -0.123. The largest absolute Gasteiger partial charge is 0.466 e. The number of hydrogen-bond donors (Lipinski definition) is 0. The molecule has 0 fully saturated rings. The first-order chi connectivity index (χ1) is 5.33. The predicted molar refractivity (Wildman–Crippen MR) is 43.1 cm³/mol. The van der Waals surface area contributed by atoms with Gasteiger partial charge in [0.05, 0.1) is 13.0 Å². The SMILES string of the molecule is CCOC(=O)CC1=CC=CC1. The third kappa shape index (κ3) is 2.58. The molecular formula is C9H12O2. The lowest BCUT2D eigenvalue weighted by Gasteiger charge is -2.00. The third-order valence-corrected chi connectivity index (χ3v) is 1.52. The molecule has 0 atom stereocenters. The highest BCUT2D eigenvalue weighted by Crippen LogP contribution is 2.14. The number of hydrogen-bond acceptors (Lipinski definition) is 2. The van der Waals surface area contributed by atoms with Crippen LogP contribution in [0.1, 0.15) is 19.8 Å². The number of ether oxygens (including phenoxy) is 1. The summed E-state index contributed by atoms with van der Waals surface area (Å²) in [5, 5.41) is 0. The maximum absolute atomic E-state index is 10.9. The van der Waals surface area contributed by atoms with E-state index in [1.54, 1.807) is 0 Å². The van der Waals surface area contributed by atoms with Gasteiger partial charge in [-0.15, -0.1) is 0 Å². The van der Waals surface area contributed by atoms with E-state index in [0.29, 0.717) is 13.0 Å². The molecule has 0 radical (unpaired) electrons. The molecule has 0 aromatic carbocycles. The van der Waals surface area contributed by atoms with E-state index in [0.717, 1.165) is 12.0 Å². The van der Waals surface area contributed by atoms with Crippen LogP contribution in [0.4, 0.5) is 0 Å². The topological polar surface area (TPSA) is 26.3 Å². The van der Waals surface area contributed by atoms with Crippen LogP contribution in [-0.4, -0.2) is 12.6 Å². The Labute approximate surface area is 66.5 Å². The molecular weight excluding hydrogens is 140 g/mol. The molecule has 0 saturated carbocycles. The normalized spacial score (nSPS) is 14.8. The van der Waals surface area contributed by atoms with Gasteiger partial charge in [-0.2, -0.15) is 0 Å². The fourth-order valence-electron chi connectivity index (χ4n) is 1.02. The van der Waals surface area contributed by atoms with Crippen molar-refractivity contribution in [2.24, 2.45) is 0 Å². The van der Waals surface area contributed by atoms with Crippen molar-refractivity contribution in [3.05, 3.63) is 23.8 Å². The number of carbonyl (C=O) groups is 1. The molecule has 1 aliphatic rings. The van der Waals surface area contributed by atoms with Crippen molar-refractivity contribution in [1.82, 2.24) is 0 Å². The second kappa shape index (κ2) is 3.96. The molecule has 0 saturated heterocycles. The molecule has 11 heavy (non-hydrogen) atoms. The van der Waals surface area contributed by atoms with Gasteiger partial charge in [-0.3, -0.25) is 4.79 Å². The zero-order valence-corrected chi connectivity index (χ0v) is 6.67. The summed E-state index contributed by atoms with van der Waals surface area (Å²) in [6, 6.07) is 0. The highest BCUT2D eigenvalue weighted by Gasteiger charge is 2.06. The van der Waals surface area contributed by atoms with Gasteiger partial charge in [0.15, 0.2) is 0 Å². The number of carbonyl (C=O) groups excluding carboxylic acids is 1. The third-order valence-electron chi connectivity index (χ3n) is 1.52. The Balaban J connectivity index is 2.26. The Morgan fingerprint density at radius 2 is 2.55 bits per heavy atom. The second-order valence-corrected chi connectivity index (χ2v) is 2.44. The summed E-state index contributed by atoms with van der Waals surface area (Å²) in [6.45, 7) is 2.29. The van der Waals surface area contributed by atoms with E-state index < -0.39 is 0 Å². The van der Waals surface area contributed by atoms with Gasteiger partial charge in [-0.1, -0.05) is 23.8 Å². The number of esters is 1. The van der Waals surface area contributed by atoms with Gasteiger partial charge < -0.3 is 4.74 Å². The summed E-state index contributed by atoms with van der Waals surface area (Å²) in [6.07, 6.45) is 7.32. The van der Waals surface area contributed by atoms with Gasteiger partial charge in [0.1, 0.15) is 0 Å². The molecule has 1 rings (SSSR count). The molecule has 0 spiro atoms. The fraction of sp³-hybridized carbons (Fsp3) is 0.444. The van der Waals surface area contributed by atoms with Crippen LogP contribution in [0.25, 0.3) is 0 Å². The quantitative estimate of drug-likeness (QED) is 0.576. The summed E-state index contributed by atoms with van der Waals surface area (Å²) in [4.78, 5) is 10.9. The summed E-state index contributed by atoms with van der Waals surface area (Å²) >= 11 is 0. The summed E-state index contributed by atoms with van der Waals surface area (Å²) in [5.41, 5.74) is 1.14. The summed E-state index contributed by atoms with van der Waals surface area (Å²) in [7, 11) is 0. The predicted octanol–water partition coefficient (Wildman–Crippen LogP) is 1.83. The fourth-order valence-corrected chi connectivity index (χ4v) is 1.02. The minimum absolute atomic E-state index is 0.123. The van der Waals surface area contributed by atoms with E-state index in [4.69, 9.17) is 4.74 Å². The standard InChI is InChI=1S/C9H12O2/c1-2-11-9(10)7-8-5-3-4-6-8/h3-5H,2,6-7H2,1H3. The molecule has 1 aliphatic carbocycles. The van der Waals surface area contributed by atoms with Crippen molar-refractivity contribution in [3.8, 4) is 0 Å². The highest BCUT2D eigenvalue weighted by molar-refractivity contribution is 5.72. The van der Waals surface area contributed by atoms with E-state index in [1.165, 1.54) is 0 Å². The van der Waals surface area contributed by atoms with Crippen LogP contribution in [0.5, 0.6) is 0 Å². The van der Waals surface area contributed by atoms with E-state index in [2.05, 4.69) is 0 Å². The van der Waals surface area contributed by atoms with Crippen LogP contribution >= 0.6 is 0 Å². The monoisotopic (exact) mass is 152 g/mol. The van der Waals surface area contributed by atoms with Crippen molar-refractivity contribution in [2.75, 3.05) is 6.61 Å². The highest BCUT2D eigenvalue weighted by atomic mass is 16.5. The molecule has 0 N–H and O–H groups in total. The molecule has 0 amide bonds. The van der Waals surface area contributed by atoms with Gasteiger partial charge >= 0.3 is 5.97 Å². The Bertz CT molecular complexity index is 202. The van der Waals surface area contributed by atoms with Crippen LogP contribution in [0.3, 0.4) is 0 Å². The Morgan fingerprint density at radius 1 is 1.73 bits per heavy atom. The van der Waals surface area contributed by atoms with Crippen LogP contribution in [0, 0.1) is 0 Å². The maximum atomic E-state index is 10.9. The van der Waals surface area contributed by atoms with E-state index in [1.807, 2.05) is 25.2 Å². The van der Waals surface area contributed by atoms with Gasteiger partial charge in [0, 0.05) is 0 Å². The Kier molecular flexibility index (Phi) is 2.90. The van der Waals surface area contributed by atoms with Gasteiger partial charge in [0.25, 0.3) is 0 Å². The van der Waals surface area contributed by atoms with Crippen LogP contribution in [-0.2, 0) is 9.53 Å². The van der Waals surface area contributed by atoms with Crippen molar-refractivity contribution in [2.45, 2.75) is 19.8 Å². The molecule has 60 valence electrons. The molecule has 0 bridgehead atoms. The maximum Gasteiger partial charge on any atom is 0.309 e. The summed E-state index contributed by atoms with van der Waals surface area (Å²) < 4.78 is 4.80. The minimum Gasteiger partial charge on any atom is -0.466 e. The van der Waals surface area contributed by atoms with Crippen molar-refractivity contribution in [3.63, 3.8) is 0 Å². The average Bonchev–Trinajstić information content (AvgIpc) is 2.40. The first-order valence-electron chi connectivity index (χ1n) is 3.83. The van der Waals surface area contributed by atoms with Gasteiger partial charge in [0.2, 0.25) is 0 Å². The molecule has 0 heterocycles. The van der Waals surface area contributed by atoms with Crippen molar-refractivity contribution in [1.29, 1.82) is 0 Å². The molecule has 0 aliphatic heterocycles. The zero-order chi connectivity index (χ0) is 8.10. The smallest absolute Gasteiger partial charge is 0.309 e. The first kappa shape index (κ1) is 8.05. The second-order valence-electron chi connectivity index (χ2n) is 2.44. The number of allylic oxidation sites excluding steroid dienone is 3. The van der Waals surface area contributed by atoms with E-state index in [-0.39, 0.29) is 5.97 Å². The molecule has 0 unspecified atom stereocenters. The number of rotatable bonds is 3. The molecule has 0 aromatic heterocycles. The average molecular weight is 152 g/mol. The Hall–Kier alpha value is -1.05. The van der Waals surface area contributed by atoms with E-state index >= 15 is 0 Å². The van der Waals surface area contributed by atoms with Crippen LogP contribution in [0.2, 0.25) is 0 Å². The molecule has 2 heteroatoms. The first-order valence-corrected chi connectivity index (χ1v) is 3.83.